The maximum atomic E-state index is 11.4. The molecule has 0 radical (unpaired) electrons. The van der Waals surface area contributed by atoms with Gasteiger partial charge in [-0.25, -0.2) is 4.79 Å². The lowest BCUT2D eigenvalue weighted by Gasteiger charge is -2.20. The maximum absolute atomic E-state index is 11.4. The van der Waals surface area contributed by atoms with Crippen molar-refractivity contribution in [3.63, 3.8) is 0 Å². The Morgan fingerprint density at radius 3 is 2.71 bits per heavy atom. The molecule has 82 valence electrons. The number of hydrogen-bond donors (Lipinski definition) is 0. The molecule has 1 aliphatic carbocycles. The minimum Gasteiger partial charge on any atom is -0.463 e. The van der Waals surface area contributed by atoms with Crippen LogP contribution in [0.5, 0.6) is 0 Å². The molecule has 1 aliphatic rings. The Labute approximate surface area is 88.6 Å². The predicted octanol–water partition coefficient (Wildman–Crippen LogP) is 3.93. The molecule has 14 heavy (non-hydrogen) atoms. The molecule has 0 spiro atoms. The molecular weight excluding hydrogens is 195 g/mol. The Hall–Kier alpha value is -0.100. The van der Waals surface area contributed by atoms with Crippen LogP contribution in [0.4, 0.5) is 4.79 Å². The molecule has 0 N–H and O–H groups in total. The Balaban J connectivity index is 2.06. The maximum Gasteiger partial charge on any atom is 0.323 e. The van der Waals surface area contributed by atoms with Crippen molar-refractivity contribution >= 4 is 14.3 Å². The van der Waals surface area contributed by atoms with Gasteiger partial charge in [-0.1, -0.05) is 32.6 Å². The summed E-state index contributed by atoms with van der Waals surface area (Å²) in [4.78, 5) is 11.4. The van der Waals surface area contributed by atoms with Crippen LogP contribution in [0.15, 0.2) is 0 Å². The Morgan fingerprint density at radius 1 is 1.36 bits per heavy atom. The summed E-state index contributed by atoms with van der Waals surface area (Å²) < 4.78 is 5.16. The van der Waals surface area contributed by atoms with E-state index in [2.05, 4.69) is 6.92 Å². The van der Waals surface area contributed by atoms with Crippen LogP contribution in [0.3, 0.4) is 0 Å². The Morgan fingerprint density at radius 2 is 2.07 bits per heavy atom. The van der Waals surface area contributed by atoms with Gasteiger partial charge in [0.05, 0.1) is 6.61 Å². The fourth-order valence-electron chi connectivity index (χ4n) is 1.76. The van der Waals surface area contributed by atoms with Crippen LogP contribution in [0.25, 0.3) is 0 Å². The third-order valence-electron chi connectivity index (χ3n) is 2.66. The third-order valence-corrected chi connectivity index (χ3v) is 4.02. The number of hydrogen-bond acceptors (Lipinski definition) is 2. The minimum atomic E-state index is 0.0466. The Kier molecular flexibility index (Phi) is 6.18. The molecule has 0 aromatic carbocycles. The zero-order valence-electron chi connectivity index (χ0n) is 9.05. The molecule has 0 bridgehead atoms. The van der Waals surface area contributed by atoms with Crippen LogP contribution in [-0.2, 0) is 4.74 Å². The second kappa shape index (κ2) is 7.23. The number of carbonyl (C=O) groups is 1. The van der Waals surface area contributed by atoms with Crippen molar-refractivity contribution in [2.45, 2.75) is 57.5 Å². The van der Waals surface area contributed by atoms with Crippen LogP contribution >= 0.6 is 8.58 Å². The number of carbonyl (C=O) groups excluding carboxylic acids is 1. The van der Waals surface area contributed by atoms with Gasteiger partial charge in [0.25, 0.3) is 0 Å². The van der Waals surface area contributed by atoms with E-state index in [1.54, 1.807) is 0 Å². The summed E-state index contributed by atoms with van der Waals surface area (Å²) in [7, 11) is 0.405. The van der Waals surface area contributed by atoms with Crippen LogP contribution in [-0.4, -0.2) is 18.0 Å². The quantitative estimate of drug-likeness (QED) is 0.514. The lowest BCUT2D eigenvalue weighted by Crippen LogP contribution is -2.10. The van der Waals surface area contributed by atoms with Gasteiger partial charge < -0.3 is 4.74 Å². The van der Waals surface area contributed by atoms with Crippen molar-refractivity contribution in [3.8, 4) is 0 Å². The second-order valence-corrected chi connectivity index (χ2v) is 5.48. The van der Waals surface area contributed by atoms with Gasteiger partial charge in [-0.2, -0.15) is 0 Å². The standard InChI is InChI=1S/C11H21O2P/c1-2-3-9-13-11(12)14-10-7-5-4-6-8-10/h10,14H,2-9H2,1H3. The zero-order chi connectivity index (χ0) is 10.2. The van der Waals surface area contributed by atoms with Crippen LogP contribution in [0.1, 0.15) is 51.9 Å². The van der Waals surface area contributed by atoms with Crippen molar-refractivity contribution in [1.29, 1.82) is 0 Å². The molecule has 0 aromatic heterocycles. The summed E-state index contributed by atoms with van der Waals surface area (Å²) in [6.07, 6.45) is 8.54. The van der Waals surface area contributed by atoms with E-state index in [1.165, 1.54) is 32.1 Å². The first kappa shape index (κ1) is 12.0. The molecular formula is C11H21O2P. The predicted molar refractivity (Wildman–Crippen MR) is 61.4 cm³/mol. The van der Waals surface area contributed by atoms with E-state index < -0.39 is 0 Å². The van der Waals surface area contributed by atoms with Gasteiger partial charge in [0, 0.05) is 0 Å². The SMILES string of the molecule is CCCCOC(=O)PC1CCCCC1. The first-order chi connectivity index (χ1) is 6.83. The van der Waals surface area contributed by atoms with E-state index in [4.69, 9.17) is 4.74 Å². The summed E-state index contributed by atoms with van der Waals surface area (Å²) in [5.74, 6) is 0. The smallest absolute Gasteiger partial charge is 0.323 e. The molecule has 1 saturated carbocycles. The molecule has 1 rings (SSSR count). The second-order valence-electron chi connectivity index (χ2n) is 3.97. The highest BCUT2D eigenvalue weighted by atomic mass is 31.1. The van der Waals surface area contributed by atoms with E-state index in [1.807, 2.05) is 0 Å². The molecule has 0 heterocycles. The summed E-state index contributed by atoms with van der Waals surface area (Å²) in [5, 5.41) is 0. The summed E-state index contributed by atoms with van der Waals surface area (Å²) in [6.45, 7) is 2.73. The van der Waals surface area contributed by atoms with Gasteiger partial charge in [0.1, 0.15) is 0 Å². The highest BCUT2D eigenvalue weighted by Crippen LogP contribution is 2.33. The zero-order valence-corrected chi connectivity index (χ0v) is 10.1. The van der Waals surface area contributed by atoms with Crippen molar-refractivity contribution in [2.75, 3.05) is 6.61 Å². The first-order valence-corrected chi connectivity index (χ1v) is 6.84. The first-order valence-electron chi connectivity index (χ1n) is 5.76. The highest BCUT2D eigenvalue weighted by molar-refractivity contribution is 7.57. The fourth-order valence-corrected chi connectivity index (χ4v) is 2.98. The van der Waals surface area contributed by atoms with Crippen LogP contribution in [0, 0.1) is 0 Å². The lowest BCUT2D eigenvalue weighted by molar-refractivity contribution is 0.172. The van der Waals surface area contributed by atoms with Crippen molar-refractivity contribution in [1.82, 2.24) is 0 Å². The minimum absolute atomic E-state index is 0.0466. The average molecular weight is 216 g/mol. The van der Waals surface area contributed by atoms with Gasteiger partial charge in [0.15, 0.2) is 0 Å². The molecule has 2 nitrogen and oxygen atoms in total. The number of rotatable bonds is 5. The summed E-state index contributed by atoms with van der Waals surface area (Å²) in [6, 6.07) is 0. The molecule has 3 heteroatoms. The Bertz CT molecular complexity index is 165. The fraction of sp³-hybridized carbons (Fsp3) is 0.909. The van der Waals surface area contributed by atoms with E-state index in [-0.39, 0.29) is 5.71 Å². The van der Waals surface area contributed by atoms with Gasteiger partial charge in [-0.15, -0.1) is 0 Å². The van der Waals surface area contributed by atoms with E-state index in [9.17, 15) is 4.79 Å². The van der Waals surface area contributed by atoms with E-state index in [0.717, 1.165) is 12.8 Å². The monoisotopic (exact) mass is 216 g/mol. The van der Waals surface area contributed by atoms with E-state index in [0.29, 0.717) is 20.8 Å². The molecule has 0 aromatic rings. The third kappa shape index (κ3) is 4.95. The van der Waals surface area contributed by atoms with Gasteiger partial charge in [0.2, 0.25) is 0 Å². The normalized spacial score (nSPS) is 18.9. The molecule has 1 fully saturated rings. The van der Waals surface area contributed by atoms with Crippen molar-refractivity contribution in [3.05, 3.63) is 0 Å². The largest absolute Gasteiger partial charge is 0.463 e. The molecule has 1 atom stereocenters. The number of unbranched alkanes of at least 4 members (excludes halogenated alkanes) is 1. The van der Waals surface area contributed by atoms with Crippen molar-refractivity contribution < 1.29 is 9.53 Å². The average Bonchev–Trinajstić information content (AvgIpc) is 2.20. The van der Waals surface area contributed by atoms with E-state index >= 15 is 0 Å². The summed E-state index contributed by atoms with van der Waals surface area (Å²) in [5.41, 5.74) is 0.684. The summed E-state index contributed by atoms with van der Waals surface area (Å²) >= 11 is 0. The molecule has 0 aliphatic heterocycles. The number of ether oxygens (including phenoxy) is 1. The van der Waals surface area contributed by atoms with Gasteiger partial charge >= 0.3 is 5.71 Å². The molecule has 0 amide bonds. The van der Waals surface area contributed by atoms with Gasteiger partial charge in [-0.3, -0.25) is 0 Å². The van der Waals surface area contributed by atoms with Crippen LogP contribution in [0.2, 0.25) is 0 Å². The van der Waals surface area contributed by atoms with Crippen LogP contribution < -0.4 is 0 Å². The molecule has 1 unspecified atom stereocenters. The van der Waals surface area contributed by atoms with Gasteiger partial charge in [-0.05, 0) is 33.5 Å². The topological polar surface area (TPSA) is 26.3 Å². The molecule has 0 saturated heterocycles. The highest BCUT2D eigenvalue weighted by Gasteiger charge is 2.17. The van der Waals surface area contributed by atoms with Crippen molar-refractivity contribution in [2.24, 2.45) is 0 Å². The lowest BCUT2D eigenvalue weighted by atomic mass is 10.0.